The maximum Gasteiger partial charge on any atom is 0.335 e. The van der Waals surface area contributed by atoms with Crippen LogP contribution in [0.4, 0.5) is 17.5 Å². The molecule has 0 saturated carbocycles. The summed E-state index contributed by atoms with van der Waals surface area (Å²) in [7, 11) is 0. The second-order valence-corrected chi connectivity index (χ2v) is 4.74. The molecule has 7 heteroatoms. The highest BCUT2D eigenvalue weighted by Gasteiger charge is 2.09. The molecule has 7 nitrogen and oxygen atoms in total. The molecule has 0 radical (unpaired) electrons. The van der Waals surface area contributed by atoms with E-state index in [-0.39, 0.29) is 17.3 Å². The Labute approximate surface area is 131 Å². The first-order valence-corrected chi connectivity index (χ1v) is 6.79. The number of aromatic nitrogens is 3. The number of aromatic carboxylic acids is 1. The van der Waals surface area contributed by atoms with Crippen molar-refractivity contribution in [3.63, 3.8) is 0 Å². The minimum absolute atomic E-state index is 0.205. The maximum atomic E-state index is 10.8. The Morgan fingerprint density at radius 2 is 1.70 bits per heavy atom. The standard InChI is InChI=1S/C16H13N5O2/c17-14-13(10-4-2-1-3-5-10)19-16(21-20-14)18-12-8-6-11(7-9-12)15(22)23/h1-9H,(H2,17,20)(H,22,23)(H,18,19,21). The molecule has 0 atom stereocenters. The molecule has 1 aromatic heterocycles. The van der Waals surface area contributed by atoms with E-state index in [9.17, 15) is 4.79 Å². The van der Waals surface area contributed by atoms with Crippen LogP contribution in [0, 0.1) is 0 Å². The molecule has 4 N–H and O–H groups in total. The van der Waals surface area contributed by atoms with Crippen LogP contribution in [0.5, 0.6) is 0 Å². The van der Waals surface area contributed by atoms with Crippen molar-refractivity contribution < 1.29 is 9.90 Å². The molecule has 23 heavy (non-hydrogen) atoms. The quantitative estimate of drug-likeness (QED) is 0.678. The predicted octanol–water partition coefficient (Wildman–Crippen LogP) is 2.56. The van der Waals surface area contributed by atoms with Crippen LogP contribution in [0.15, 0.2) is 54.6 Å². The van der Waals surface area contributed by atoms with Crippen LogP contribution in [-0.2, 0) is 0 Å². The Kier molecular flexibility index (Phi) is 3.84. The molecular weight excluding hydrogens is 294 g/mol. The van der Waals surface area contributed by atoms with Crippen molar-refractivity contribution in [2.24, 2.45) is 0 Å². The molecule has 3 rings (SSSR count). The van der Waals surface area contributed by atoms with Crippen molar-refractivity contribution in [1.29, 1.82) is 0 Å². The molecule has 1 heterocycles. The number of carboxylic acid groups (broad SMARTS) is 1. The van der Waals surface area contributed by atoms with Gasteiger partial charge in [0.05, 0.1) is 5.56 Å². The van der Waals surface area contributed by atoms with Gasteiger partial charge in [0.1, 0.15) is 5.69 Å². The summed E-state index contributed by atoms with van der Waals surface area (Å²) < 4.78 is 0. The van der Waals surface area contributed by atoms with Crippen LogP contribution in [0.3, 0.4) is 0 Å². The van der Waals surface area contributed by atoms with E-state index < -0.39 is 5.97 Å². The van der Waals surface area contributed by atoms with Crippen molar-refractivity contribution in [2.75, 3.05) is 11.1 Å². The van der Waals surface area contributed by atoms with Crippen LogP contribution >= 0.6 is 0 Å². The van der Waals surface area contributed by atoms with Gasteiger partial charge < -0.3 is 16.2 Å². The summed E-state index contributed by atoms with van der Waals surface area (Å²) in [5, 5.41) is 19.7. The molecule has 2 aromatic carbocycles. The summed E-state index contributed by atoms with van der Waals surface area (Å²) in [5.74, 6) is -0.461. The fourth-order valence-corrected chi connectivity index (χ4v) is 2.02. The number of hydrogen-bond donors (Lipinski definition) is 3. The maximum absolute atomic E-state index is 10.8. The minimum atomic E-state index is -0.978. The Hall–Kier alpha value is -3.48. The highest BCUT2D eigenvalue weighted by atomic mass is 16.4. The molecule has 0 spiro atoms. The lowest BCUT2D eigenvalue weighted by Gasteiger charge is -2.08. The Bertz CT molecular complexity index is 835. The molecule has 0 aliphatic carbocycles. The lowest BCUT2D eigenvalue weighted by atomic mass is 10.1. The third-order valence-corrected chi connectivity index (χ3v) is 3.15. The lowest BCUT2D eigenvalue weighted by Crippen LogP contribution is -2.05. The molecule has 3 aromatic rings. The fraction of sp³-hybridized carbons (Fsp3) is 0. The van der Waals surface area contributed by atoms with E-state index in [1.165, 1.54) is 12.1 Å². The number of nitrogen functional groups attached to an aromatic ring is 1. The highest BCUT2D eigenvalue weighted by Crippen LogP contribution is 2.23. The molecule has 114 valence electrons. The van der Waals surface area contributed by atoms with E-state index in [1.54, 1.807) is 12.1 Å². The second kappa shape index (κ2) is 6.10. The number of nitrogens with one attached hydrogen (secondary N) is 1. The van der Waals surface area contributed by atoms with Crippen LogP contribution in [0.1, 0.15) is 10.4 Å². The third-order valence-electron chi connectivity index (χ3n) is 3.15. The largest absolute Gasteiger partial charge is 0.478 e. The zero-order valence-corrected chi connectivity index (χ0v) is 12.0. The van der Waals surface area contributed by atoms with Crippen molar-refractivity contribution >= 4 is 23.4 Å². The minimum Gasteiger partial charge on any atom is -0.478 e. The number of anilines is 3. The zero-order valence-electron chi connectivity index (χ0n) is 12.0. The smallest absolute Gasteiger partial charge is 0.335 e. The topological polar surface area (TPSA) is 114 Å². The Morgan fingerprint density at radius 1 is 1.00 bits per heavy atom. The van der Waals surface area contributed by atoms with Crippen molar-refractivity contribution in [3.05, 3.63) is 60.2 Å². The molecule has 0 aliphatic heterocycles. The predicted molar refractivity (Wildman–Crippen MR) is 86.4 cm³/mol. The van der Waals surface area contributed by atoms with Crippen molar-refractivity contribution in [1.82, 2.24) is 15.2 Å². The van der Waals surface area contributed by atoms with Crippen LogP contribution < -0.4 is 11.1 Å². The molecule has 0 fully saturated rings. The Balaban J connectivity index is 1.88. The summed E-state index contributed by atoms with van der Waals surface area (Å²) in [6, 6.07) is 15.7. The molecule has 0 saturated heterocycles. The molecule has 0 aliphatic rings. The Morgan fingerprint density at radius 3 is 2.35 bits per heavy atom. The zero-order chi connectivity index (χ0) is 16.2. The van der Waals surface area contributed by atoms with Crippen LogP contribution in [-0.4, -0.2) is 26.3 Å². The first-order chi connectivity index (χ1) is 11.1. The second-order valence-electron chi connectivity index (χ2n) is 4.74. The summed E-state index contributed by atoms with van der Waals surface area (Å²) in [6.07, 6.45) is 0. The van der Waals surface area contributed by atoms with Gasteiger partial charge in [-0.2, -0.15) is 0 Å². The first-order valence-electron chi connectivity index (χ1n) is 6.79. The van der Waals surface area contributed by atoms with Gasteiger partial charge in [-0.25, -0.2) is 9.78 Å². The molecule has 0 unspecified atom stereocenters. The van der Waals surface area contributed by atoms with E-state index >= 15 is 0 Å². The van der Waals surface area contributed by atoms with Gasteiger partial charge in [0.2, 0.25) is 5.95 Å². The average Bonchev–Trinajstić information content (AvgIpc) is 2.58. The van der Waals surface area contributed by atoms with Gasteiger partial charge in [0, 0.05) is 11.3 Å². The van der Waals surface area contributed by atoms with E-state index in [0.717, 1.165) is 5.56 Å². The molecular formula is C16H13N5O2. The normalized spacial score (nSPS) is 10.3. The summed E-state index contributed by atoms with van der Waals surface area (Å²) in [5.41, 5.74) is 8.07. The SMILES string of the molecule is Nc1nnc(Nc2ccc(C(=O)O)cc2)nc1-c1ccccc1. The van der Waals surface area contributed by atoms with Crippen LogP contribution in [0.25, 0.3) is 11.3 Å². The first kappa shape index (κ1) is 14.5. The van der Waals surface area contributed by atoms with Gasteiger partial charge in [-0.1, -0.05) is 30.3 Å². The van der Waals surface area contributed by atoms with Gasteiger partial charge in [-0.3, -0.25) is 0 Å². The monoisotopic (exact) mass is 307 g/mol. The number of hydrogen-bond acceptors (Lipinski definition) is 6. The van der Waals surface area contributed by atoms with E-state index in [1.807, 2.05) is 30.3 Å². The number of rotatable bonds is 4. The number of benzene rings is 2. The number of nitrogens with two attached hydrogens (primary N) is 1. The number of carbonyl (C=O) groups is 1. The summed E-state index contributed by atoms with van der Waals surface area (Å²) in [6.45, 7) is 0. The number of nitrogens with zero attached hydrogens (tertiary/aromatic N) is 3. The van der Waals surface area contributed by atoms with E-state index in [4.69, 9.17) is 10.8 Å². The molecule has 0 bridgehead atoms. The fourth-order valence-electron chi connectivity index (χ4n) is 2.02. The summed E-state index contributed by atoms with van der Waals surface area (Å²) in [4.78, 5) is 15.2. The van der Waals surface area contributed by atoms with E-state index in [0.29, 0.717) is 11.4 Å². The highest BCUT2D eigenvalue weighted by molar-refractivity contribution is 5.88. The van der Waals surface area contributed by atoms with Gasteiger partial charge in [0.15, 0.2) is 5.82 Å². The lowest BCUT2D eigenvalue weighted by molar-refractivity contribution is 0.0697. The van der Waals surface area contributed by atoms with Gasteiger partial charge in [-0.15, -0.1) is 10.2 Å². The number of carboxylic acids is 1. The van der Waals surface area contributed by atoms with Crippen LogP contribution in [0.2, 0.25) is 0 Å². The third kappa shape index (κ3) is 3.24. The van der Waals surface area contributed by atoms with Crippen molar-refractivity contribution in [3.8, 4) is 11.3 Å². The van der Waals surface area contributed by atoms with Crippen molar-refractivity contribution in [2.45, 2.75) is 0 Å². The van der Waals surface area contributed by atoms with E-state index in [2.05, 4.69) is 20.5 Å². The van der Waals surface area contributed by atoms with Gasteiger partial charge in [0.25, 0.3) is 0 Å². The van der Waals surface area contributed by atoms with Gasteiger partial charge >= 0.3 is 5.97 Å². The van der Waals surface area contributed by atoms with Gasteiger partial charge in [-0.05, 0) is 24.3 Å². The molecule has 0 amide bonds. The average molecular weight is 307 g/mol. The summed E-state index contributed by atoms with van der Waals surface area (Å²) >= 11 is 0.